The molecular weight excluding hydrogens is 420 g/mol. The first kappa shape index (κ1) is 21.9. The molecule has 1 heterocycles. The molecular formula is C26H34N2O3S. The molecule has 0 bridgehead atoms. The third-order valence-corrected chi connectivity index (χ3v) is 9.51. The normalized spacial score (nSPS) is 28.3. The first-order chi connectivity index (χ1) is 15.3. The van der Waals surface area contributed by atoms with Crippen LogP contribution in [-0.4, -0.2) is 49.4 Å². The molecule has 2 atom stereocenters. The van der Waals surface area contributed by atoms with Crippen LogP contribution in [-0.2, 0) is 28.3 Å². The molecule has 2 aromatic rings. The van der Waals surface area contributed by atoms with Gasteiger partial charge >= 0.3 is 0 Å². The van der Waals surface area contributed by atoms with Crippen LogP contribution < -0.4 is 4.72 Å². The van der Waals surface area contributed by atoms with Gasteiger partial charge in [-0.3, -0.25) is 9.62 Å². The Hall–Kier alpha value is -1.89. The van der Waals surface area contributed by atoms with E-state index in [4.69, 9.17) is 0 Å². The van der Waals surface area contributed by atoms with Gasteiger partial charge < -0.3 is 5.11 Å². The van der Waals surface area contributed by atoms with Crippen LogP contribution in [0, 0.1) is 11.8 Å². The molecule has 0 spiro atoms. The average Bonchev–Trinajstić information content (AvgIpc) is 2.99. The minimum absolute atomic E-state index is 0.129. The number of sulfonamides is 1. The Labute approximate surface area is 191 Å². The smallest absolute Gasteiger partial charge is 0.232 e. The van der Waals surface area contributed by atoms with E-state index in [9.17, 15) is 13.5 Å². The second-order valence-corrected chi connectivity index (χ2v) is 12.0. The molecule has 2 unspecified atom stereocenters. The van der Waals surface area contributed by atoms with Crippen LogP contribution in [0.3, 0.4) is 0 Å². The van der Waals surface area contributed by atoms with Crippen LogP contribution >= 0.6 is 0 Å². The molecule has 5 nitrogen and oxygen atoms in total. The van der Waals surface area contributed by atoms with Crippen LogP contribution in [0.4, 0.5) is 5.69 Å². The summed E-state index contributed by atoms with van der Waals surface area (Å²) in [6.45, 7) is 6.86. The van der Waals surface area contributed by atoms with Gasteiger partial charge in [0.2, 0.25) is 10.0 Å². The zero-order chi connectivity index (χ0) is 22.6. The Morgan fingerprint density at radius 1 is 1.03 bits per heavy atom. The number of fused-ring (bicyclic) bond motifs is 2. The molecule has 1 saturated carbocycles. The average molecular weight is 455 g/mol. The molecule has 2 fully saturated rings. The lowest BCUT2D eigenvalue weighted by Crippen LogP contribution is -2.45. The van der Waals surface area contributed by atoms with E-state index in [2.05, 4.69) is 46.9 Å². The largest absolute Gasteiger partial charge is 0.388 e. The second kappa shape index (κ2) is 7.86. The highest BCUT2D eigenvalue weighted by atomic mass is 32.2. The van der Waals surface area contributed by atoms with E-state index in [0.29, 0.717) is 23.9 Å². The summed E-state index contributed by atoms with van der Waals surface area (Å²) < 4.78 is 27.2. The number of nitrogens with one attached hydrogen (secondary N) is 1. The van der Waals surface area contributed by atoms with E-state index >= 15 is 0 Å². The summed E-state index contributed by atoms with van der Waals surface area (Å²) in [6, 6.07) is 16.4. The van der Waals surface area contributed by atoms with E-state index in [0.717, 1.165) is 38.9 Å². The van der Waals surface area contributed by atoms with Crippen molar-refractivity contribution in [2.24, 2.45) is 11.8 Å². The lowest BCUT2D eigenvalue weighted by molar-refractivity contribution is 0.0139. The summed E-state index contributed by atoms with van der Waals surface area (Å²) >= 11 is 0. The Bertz CT molecular complexity index is 1080. The molecule has 2 aromatic carbocycles. The summed E-state index contributed by atoms with van der Waals surface area (Å²) in [5.41, 5.74) is 3.95. The Balaban J connectivity index is 1.26. The lowest BCUT2D eigenvalue weighted by Gasteiger charge is -2.32. The number of aliphatic hydroxyl groups is 1. The van der Waals surface area contributed by atoms with Gasteiger partial charge in [-0.25, -0.2) is 8.42 Å². The van der Waals surface area contributed by atoms with Crippen molar-refractivity contribution in [3.63, 3.8) is 0 Å². The zero-order valence-electron chi connectivity index (χ0n) is 19.0. The van der Waals surface area contributed by atoms with Crippen LogP contribution in [0.5, 0.6) is 0 Å². The Morgan fingerprint density at radius 3 is 2.28 bits per heavy atom. The van der Waals surface area contributed by atoms with E-state index in [1.807, 2.05) is 25.1 Å². The monoisotopic (exact) mass is 454 g/mol. The number of nitrogens with zero attached hydrogens (tertiary/aromatic N) is 1. The number of hydrogen-bond acceptors (Lipinski definition) is 4. The van der Waals surface area contributed by atoms with Crippen molar-refractivity contribution >= 4 is 15.7 Å². The maximum Gasteiger partial charge on any atom is 0.232 e. The number of β-amino-alcohol motifs (C(OH)–C–C–N with tert-alkyl or cyclic N) is 1. The summed E-state index contributed by atoms with van der Waals surface area (Å²) in [4.78, 5) is 2.45. The quantitative estimate of drug-likeness (QED) is 0.640. The van der Waals surface area contributed by atoms with Crippen molar-refractivity contribution in [2.75, 3.05) is 30.1 Å². The Morgan fingerprint density at radius 2 is 1.69 bits per heavy atom. The Kier molecular flexibility index (Phi) is 5.38. The van der Waals surface area contributed by atoms with Crippen LogP contribution in [0.2, 0.25) is 0 Å². The van der Waals surface area contributed by atoms with E-state index < -0.39 is 15.6 Å². The SMILES string of the molecule is CCCS(=O)(=O)Nc1cccc(C2(CC)C3CN(CC4(O)Cc5ccccc5C4)CC32)c1. The van der Waals surface area contributed by atoms with Crippen molar-refractivity contribution in [3.05, 3.63) is 65.2 Å². The number of anilines is 1. The van der Waals surface area contributed by atoms with Gasteiger partial charge in [-0.15, -0.1) is 0 Å². The highest BCUT2D eigenvalue weighted by Crippen LogP contribution is 2.65. The first-order valence-corrected chi connectivity index (χ1v) is 13.6. The van der Waals surface area contributed by atoms with Crippen LogP contribution in [0.15, 0.2) is 48.5 Å². The fourth-order valence-corrected chi connectivity index (χ4v) is 7.80. The molecule has 6 heteroatoms. The number of hydrogen-bond donors (Lipinski definition) is 2. The van der Waals surface area contributed by atoms with Gasteiger partial charge in [0.15, 0.2) is 0 Å². The summed E-state index contributed by atoms with van der Waals surface area (Å²) in [6.07, 6.45) is 3.14. The standard InChI is InChI=1S/C26H34N2O3S/c1-3-12-32(30,31)27-22-11-7-10-21(13-22)26(4-2)23-16-28(17-24(23)26)18-25(29)14-19-8-5-6-9-20(19)15-25/h5-11,13,23-24,27,29H,3-4,12,14-18H2,1-2H3. The van der Waals surface area contributed by atoms with Gasteiger partial charge in [0.05, 0.1) is 11.4 Å². The van der Waals surface area contributed by atoms with E-state index in [1.165, 1.54) is 16.7 Å². The fraction of sp³-hybridized carbons (Fsp3) is 0.538. The highest BCUT2D eigenvalue weighted by Gasteiger charge is 2.67. The van der Waals surface area contributed by atoms with Gasteiger partial charge in [0, 0.05) is 43.6 Å². The molecule has 2 N–H and O–H groups in total. The van der Waals surface area contributed by atoms with Crippen molar-refractivity contribution in [3.8, 4) is 0 Å². The molecule has 32 heavy (non-hydrogen) atoms. The first-order valence-electron chi connectivity index (χ1n) is 11.9. The molecule has 2 aliphatic carbocycles. The predicted molar refractivity (Wildman–Crippen MR) is 128 cm³/mol. The maximum atomic E-state index is 12.2. The van der Waals surface area contributed by atoms with Crippen molar-refractivity contribution in [2.45, 2.75) is 50.5 Å². The highest BCUT2D eigenvalue weighted by molar-refractivity contribution is 7.92. The van der Waals surface area contributed by atoms with E-state index in [-0.39, 0.29) is 11.2 Å². The number of likely N-dealkylation sites (tertiary alicyclic amines) is 1. The summed E-state index contributed by atoms with van der Waals surface area (Å²) in [5, 5.41) is 11.3. The third kappa shape index (κ3) is 3.76. The number of rotatable bonds is 8. The predicted octanol–water partition coefficient (Wildman–Crippen LogP) is 3.58. The minimum atomic E-state index is -3.29. The maximum absolute atomic E-state index is 12.2. The van der Waals surface area contributed by atoms with Crippen molar-refractivity contribution < 1.29 is 13.5 Å². The van der Waals surface area contributed by atoms with Gasteiger partial charge in [0.1, 0.15) is 0 Å². The molecule has 0 radical (unpaired) electrons. The molecule has 1 aliphatic heterocycles. The molecule has 1 saturated heterocycles. The van der Waals surface area contributed by atoms with Gasteiger partial charge in [-0.05, 0) is 53.5 Å². The lowest BCUT2D eigenvalue weighted by atomic mass is 9.87. The van der Waals surface area contributed by atoms with Gasteiger partial charge in [-0.2, -0.15) is 0 Å². The van der Waals surface area contributed by atoms with Gasteiger partial charge in [0.25, 0.3) is 0 Å². The molecule has 5 rings (SSSR count). The van der Waals surface area contributed by atoms with Crippen LogP contribution in [0.25, 0.3) is 0 Å². The van der Waals surface area contributed by atoms with Crippen molar-refractivity contribution in [1.29, 1.82) is 0 Å². The summed E-state index contributed by atoms with van der Waals surface area (Å²) in [5.74, 6) is 1.29. The molecule has 172 valence electrons. The van der Waals surface area contributed by atoms with Crippen LogP contribution in [0.1, 0.15) is 43.4 Å². The van der Waals surface area contributed by atoms with E-state index in [1.54, 1.807) is 0 Å². The third-order valence-electron chi connectivity index (χ3n) is 8.02. The topological polar surface area (TPSA) is 69.6 Å². The molecule has 3 aliphatic rings. The minimum Gasteiger partial charge on any atom is -0.388 e. The molecule has 0 amide bonds. The molecule has 0 aromatic heterocycles. The zero-order valence-corrected chi connectivity index (χ0v) is 19.9. The number of benzene rings is 2. The van der Waals surface area contributed by atoms with Gasteiger partial charge in [-0.1, -0.05) is 50.2 Å². The summed E-state index contributed by atoms with van der Waals surface area (Å²) in [7, 11) is -3.29. The number of piperidine rings is 1. The fourth-order valence-electron chi connectivity index (χ4n) is 6.67. The van der Waals surface area contributed by atoms with Crippen molar-refractivity contribution in [1.82, 2.24) is 4.90 Å². The second-order valence-electron chi connectivity index (χ2n) is 10.1.